The SMILES string of the molecule is CCCC(C)N.CCCCC(N)CC. The molecule has 0 amide bonds. The summed E-state index contributed by atoms with van der Waals surface area (Å²) in [7, 11) is 0. The Morgan fingerprint density at radius 1 is 0.929 bits per heavy atom. The standard InChI is InChI=1S/C7H17N.C5H13N/c1-3-5-6-7(8)4-2;1-3-4-5(2)6/h7H,3-6,8H2,1-2H3;5H,3-4,6H2,1-2H3. The molecule has 0 bridgehead atoms. The molecule has 2 heteroatoms. The van der Waals surface area contributed by atoms with Crippen LogP contribution in [-0.4, -0.2) is 12.1 Å². The molecular formula is C12H30N2. The fourth-order valence-electron chi connectivity index (χ4n) is 1.13. The van der Waals surface area contributed by atoms with Crippen LogP contribution in [0.2, 0.25) is 0 Å². The van der Waals surface area contributed by atoms with Crippen LogP contribution in [0.3, 0.4) is 0 Å². The number of hydrogen-bond acceptors (Lipinski definition) is 2. The third-order valence-electron chi connectivity index (χ3n) is 2.20. The van der Waals surface area contributed by atoms with Crippen molar-refractivity contribution >= 4 is 0 Å². The average Bonchev–Trinajstić information content (AvgIpc) is 2.15. The molecule has 2 unspecified atom stereocenters. The lowest BCUT2D eigenvalue weighted by molar-refractivity contribution is 0.562. The van der Waals surface area contributed by atoms with Crippen molar-refractivity contribution in [2.24, 2.45) is 11.5 Å². The van der Waals surface area contributed by atoms with E-state index in [0.717, 1.165) is 12.8 Å². The highest BCUT2D eigenvalue weighted by Gasteiger charge is 1.94. The summed E-state index contributed by atoms with van der Waals surface area (Å²) in [5, 5.41) is 0. The van der Waals surface area contributed by atoms with Gasteiger partial charge < -0.3 is 11.5 Å². The number of nitrogens with two attached hydrogens (primary N) is 2. The van der Waals surface area contributed by atoms with Gasteiger partial charge in [-0.15, -0.1) is 0 Å². The minimum absolute atomic E-state index is 0.398. The molecule has 4 N–H and O–H groups in total. The van der Waals surface area contributed by atoms with E-state index in [9.17, 15) is 0 Å². The van der Waals surface area contributed by atoms with E-state index in [1.165, 1.54) is 25.7 Å². The maximum atomic E-state index is 5.66. The Balaban J connectivity index is 0. The van der Waals surface area contributed by atoms with Gasteiger partial charge in [-0.2, -0.15) is 0 Å². The summed E-state index contributed by atoms with van der Waals surface area (Å²) in [5.74, 6) is 0. The first kappa shape index (κ1) is 16.4. The van der Waals surface area contributed by atoms with Gasteiger partial charge >= 0.3 is 0 Å². The maximum absolute atomic E-state index is 5.66. The smallest absolute Gasteiger partial charge is 0.00362 e. The van der Waals surface area contributed by atoms with E-state index in [1.807, 2.05) is 6.92 Å². The summed E-state index contributed by atoms with van der Waals surface area (Å²) in [6, 6.07) is 0.852. The van der Waals surface area contributed by atoms with Crippen molar-refractivity contribution in [2.75, 3.05) is 0 Å². The molecule has 0 saturated heterocycles. The van der Waals surface area contributed by atoms with Gasteiger partial charge in [0.1, 0.15) is 0 Å². The summed E-state index contributed by atoms with van der Waals surface area (Å²) in [5.41, 5.74) is 11.1. The first-order valence-electron chi connectivity index (χ1n) is 6.09. The Bertz CT molecular complexity index is 92.3. The van der Waals surface area contributed by atoms with Gasteiger partial charge in [-0.05, 0) is 26.2 Å². The normalized spacial score (nSPS) is 14.1. The van der Waals surface area contributed by atoms with E-state index in [2.05, 4.69) is 20.8 Å². The molecule has 0 aliphatic heterocycles. The fraction of sp³-hybridized carbons (Fsp3) is 1.00. The molecule has 0 rings (SSSR count). The van der Waals surface area contributed by atoms with Crippen LogP contribution in [0.25, 0.3) is 0 Å². The molecule has 0 aromatic rings. The van der Waals surface area contributed by atoms with Gasteiger partial charge in [-0.1, -0.05) is 40.0 Å². The van der Waals surface area contributed by atoms with E-state index in [1.54, 1.807) is 0 Å². The Hall–Kier alpha value is -0.0800. The maximum Gasteiger partial charge on any atom is 0.00362 e. The van der Waals surface area contributed by atoms with E-state index in [4.69, 9.17) is 11.5 Å². The molecule has 0 aliphatic carbocycles. The molecule has 2 nitrogen and oxygen atoms in total. The third-order valence-corrected chi connectivity index (χ3v) is 2.20. The van der Waals surface area contributed by atoms with Crippen LogP contribution in [0.5, 0.6) is 0 Å². The van der Waals surface area contributed by atoms with Gasteiger partial charge in [0.05, 0.1) is 0 Å². The molecule has 2 atom stereocenters. The monoisotopic (exact) mass is 202 g/mol. The van der Waals surface area contributed by atoms with E-state index in [0.29, 0.717) is 12.1 Å². The van der Waals surface area contributed by atoms with E-state index in [-0.39, 0.29) is 0 Å². The molecule has 14 heavy (non-hydrogen) atoms. The van der Waals surface area contributed by atoms with Crippen molar-refractivity contribution in [1.29, 1.82) is 0 Å². The van der Waals surface area contributed by atoms with Gasteiger partial charge in [0, 0.05) is 12.1 Å². The highest BCUT2D eigenvalue weighted by molar-refractivity contribution is 4.56. The molecule has 0 saturated carbocycles. The summed E-state index contributed by atoms with van der Waals surface area (Å²) < 4.78 is 0. The number of unbranched alkanes of at least 4 members (excludes halogenated alkanes) is 1. The Morgan fingerprint density at radius 2 is 1.50 bits per heavy atom. The quantitative estimate of drug-likeness (QED) is 0.695. The van der Waals surface area contributed by atoms with Crippen LogP contribution >= 0.6 is 0 Å². The second-order valence-corrected chi connectivity index (χ2v) is 4.08. The fourth-order valence-corrected chi connectivity index (χ4v) is 1.13. The van der Waals surface area contributed by atoms with Crippen molar-refractivity contribution < 1.29 is 0 Å². The molecule has 0 aromatic heterocycles. The zero-order valence-electron chi connectivity index (χ0n) is 10.6. The summed E-state index contributed by atoms with van der Waals surface area (Å²) in [6.45, 7) is 8.51. The minimum Gasteiger partial charge on any atom is -0.328 e. The molecule has 0 aliphatic rings. The molecule has 88 valence electrons. The van der Waals surface area contributed by atoms with Gasteiger partial charge in [0.25, 0.3) is 0 Å². The Labute approximate surface area is 90.4 Å². The number of hydrogen-bond donors (Lipinski definition) is 2. The van der Waals surface area contributed by atoms with Gasteiger partial charge in [0.15, 0.2) is 0 Å². The van der Waals surface area contributed by atoms with Crippen LogP contribution in [-0.2, 0) is 0 Å². The van der Waals surface area contributed by atoms with Gasteiger partial charge in [-0.3, -0.25) is 0 Å². The largest absolute Gasteiger partial charge is 0.328 e. The summed E-state index contributed by atoms with van der Waals surface area (Å²) in [4.78, 5) is 0. The average molecular weight is 202 g/mol. The molecule has 0 aromatic carbocycles. The Morgan fingerprint density at radius 3 is 1.71 bits per heavy atom. The van der Waals surface area contributed by atoms with E-state index >= 15 is 0 Å². The zero-order valence-corrected chi connectivity index (χ0v) is 10.6. The van der Waals surface area contributed by atoms with Crippen LogP contribution < -0.4 is 11.5 Å². The number of rotatable bonds is 6. The molecule has 0 heterocycles. The summed E-state index contributed by atoms with van der Waals surface area (Å²) in [6.07, 6.45) is 7.24. The van der Waals surface area contributed by atoms with Crippen molar-refractivity contribution in [3.05, 3.63) is 0 Å². The second kappa shape index (κ2) is 12.9. The molecular weight excluding hydrogens is 172 g/mol. The van der Waals surface area contributed by atoms with Gasteiger partial charge in [0.2, 0.25) is 0 Å². The van der Waals surface area contributed by atoms with E-state index < -0.39 is 0 Å². The van der Waals surface area contributed by atoms with Crippen LogP contribution in [0.15, 0.2) is 0 Å². The topological polar surface area (TPSA) is 52.0 Å². The van der Waals surface area contributed by atoms with Crippen LogP contribution in [0, 0.1) is 0 Å². The predicted octanol–water partition coefficient (Wildman–Crippen LogP) is 3.05. The van der Waals surface area contributed by atoms with Crippen molar-refractivity contribution in [3.8, 4) is 0 Å². The van der Waals surface area contributed by atoms with Crippen LogP contribution in [0.4, 0.5) is 0 Å². The molecule has 0 spiro atoms. The predicted molar refractivity (Wildman–Crippen MR) is 66.3 cm³/mol. The first-order chi connectivity index (χ1) is 6.58. The zero-order chi connectivity index (χ0) is 11.4. The Kier molecular flexibility index (Phi) is 15.1. The lowest BCUT2D eigenvalue weighted by Crippen LogP contribution is -2.17. The lowest BCUT2D eigenvalue weighted by Gasteiger charge is -2.04. The van der Waals surface area contributed by atoms with Crippen molar-refractivity contribution in [3.63, 3.8) is 0 Å². The van der Waals surface area contributed by atoms with Crippen LogP contribution in [0.1, 0.15) is 66.2 Å². The summed E-state index contributed by atoms with van der Waals surface area (Å²) >= 11 is 0. The second-order valence-electron chi connectivity index (χ2n) is 4.08. The lowest BCUT2D eigenvalue weighted by atomic mass is 10.1. The van der Waals surface area contributed by atoms with Crippen molar-refractivity contribution in [2.45, 2.75) is 78.3 Å². The van der Waals surface area contributed by atoms with Crippen molar-refractivity contribution in [1.82, 2.24) is 0 Å². The first-order valence-corrected chi connectivity index (χ1v) is 6.09. The highest BCUT2D eigenvalue weighted by atomic mass is 14.6. The van der Waals surface area contributed by atoms with Gasteiger partial charge in [-0.25, -0.2) is 0 Å². The highest BCUT2D eigenvalue weighted by Crippen LogP contribution is 1.99. The third kappa shape index (κ3) is 17.9. The molecule has 0 radical (unpaired) electrons. The minimum atomic E-state index is 0.398. The molecule has 0 fully saturated rings.